The van der Waals surface area contributed by atoms with Crippen LogP contribution in [0.2, 0.25) is 0 Å². The molecule has 8 heteroatoms. The molecule has 1 aliphatic heterocycles. The van der Waals surface area contributed by atoms with Crippen molar-refractivity contribution in [3.63, 3.8) is 0 Å². The van der Waals surface area contributed by atoms with E-state index in [0.717, 1.165) is 5.69 Å². The second kappa shape index (κ2) is 6.84. The third-order valence-electron chi connectivity index (χ3n) is 4.27. The zero-order valence-electron chi connectivity index (χ0n) is 14.4. The van der Waals surface area contributed by atoms with Crippen LogP contribution in [0.1, 0.15) is 10.4 Å². The fraction of sp³-hybridized carbons (Fsp3) is 0.353. The van der Waals surface area contributed by atoms with Gasteiger partial charge in [-0.05, 0) is 24.3 Å². The zero-order valence-corrected chi connectivity index (χ0v) is 14.4. The van der Waals surface area contributed by atoms with Gasteiger partial charge in [-0.25, -0.2) is 0 Å². The van der Waals surface area contributed by atoms with Crippen molar-refractivity contribution in [2.24, 2.45) is 0 Å². The summed E-state index contributed by atoms with van der Waals surface area (Å²) in [5.74, 6) is 0.661. The number of amides is 1. The fourth-order valence-corrected chi connectivity index (χ4v) is 2.85. The Balaban J connectivity index is 1.65. The molecule has 1 aliphatic rings. The highest BCUT2D eigenvalue weighted by Gasteiger charge is 2.23. The number of nitrogen functional groups attached to an aromatic ring is 1. The summed E-state index contributed by atoms with van der Waals surface area (Å²) in [5.41, 5.74) is 7.05. The number of aromatic nitrogens is 2. The van der Waals surface area contributed by atoms with E-state index >= 15 is 0 Å². The molecule has 0 bridgehead atoms. The number of carbonyl (C=O) groups excluding carboxylic acids is 1. The van der Waals surface area contributed by atoms with Gasteiger partial charge >= 0.3 is 0 Å². The monoisotopic (exact) mass is 342 g/mol. The van der Waals surface area contributed by atoms with Crippen molar-refractivity contribution in [1.29, 1.82) is 0 Å². The lowest BCUT2D eigenvalue weighted by atomic mass is 10.1. The van der Waals surface area contributed by atoms with Crippen molar-refractivity contribution < 1.29 is 4.79 Å². The van der Waals surface area contributed by atoms with Crippen molar-refractivity contribution in [3.8, 4) is 0 Å². The number of carbonyl (C=O) groups is 1. The largest absolute Gasteiger partial charge is 0.378 e. The summed E-state index contributed by atoms with van der Waals surface area (Å²) >= 11 is 0. The number of piperazine rings is 1. The van der Waals surface area contributed by atoms with Gasteiger partial charge in [0.25, 0.3) is 11.5 Å². The number of H-pyrrole nitrogens is 1. The Labute approximate surface area is 145 Å². The van der Waals surface area contributed by atoms with Gasteiger partial charge in [0.05, 0.1) is 0 Å². The Kier molecular flexibility index (Phi) is 4.60. The lowest BCUT2D eigenvalue weighted by Gasteiger charge is -2.35. The first-order valence-corrected chi connectivity index (χ1v) is 8.12. The summed E-state index contributed by atoms with van der Waals surface area (Å²) in [4.78, 5) is 36.5. The molecule has 1 fully saturated rings. The summed E-state index contributed by atoms with van der Waals surface area (Å²) in [6.45, 7) is 2.36. The minimum Gasteiger partial charge on any atom is -0.378 e. The third-order valence-corrected chi connectivity index (χ3v) is 4.27. The minimum atomic E-state index is -0.276. The number of nitrogens with zero attached hydrogens (tertiary/aromatic N) is 4. The molecule has 2 heterocycles. The van der Waals surface area contributed by atoms with E-state index in [1.54, 1.807) is 0 Å². The zero-order chi connectivity index (χ0) is 18.0. The summed E-state index contributed by atoms with van der Waals surface area (Å²) in [7, 11) is 3.93. The van der Waals surface area contributed by atoms with Crippen LogP contribution < -0.4 is 21.1 Å². The first kappa shape index (κ1) is 16.8. The highest BCUT2D eigenvalue weighted by molar-refractivity contribution is 5.94. The number of nitrogens with two attached hydrogens (primary N) is 1. The van der Waals surface area contributed by atoms with Crippen LogP contribution >= 0.6 is 0 Å². The number of anilines is 3. The lowest BCUT2D eigenvalue weighted by molar-refractivity contribution is 0.0746. The number of hydrogen-bond acceptors (Lipinski definition) is 6. The SMILES string of the molecule is CN(C)c1ccc(C(=O)N2CCN(c3cc(=O)[nH]c(N)n3)CC2)cc1. The Morgan fingerprint density at radius 1 is 1.16 bits per heavy atom. The molecule has 0 saturated carbocycles. The molecule has 0 aliphatic carbocycles. The second-order valence-corrected chi connectivity index (χ2v) is 6.21. The van der Waals surface area contributed by atoms with Crippen LogP contribution in [0.5, 0.6) is 0 Å². The molecule has 3 rings (SSSR count). The van der Waals surface area contributed by atoms with Crippen LogP contribution in [0.4, 0.5) is 17.5 Å². The van der Waals surface area contributed by atoms with E-state index in [0.29, 0.717) is 37.6 Å². The first-order valence-electron chi connectivity index (χ1n) is 8.12. The van der Waals surface area contributed by atoms with Crippen molar-refractivity contribution in [3.05, 3.63) is 46.2 Å². The number of benzene rings is 1. The van der Waals surface area contributed by atoms with Gasteiger partial charge in [0.2, 0.25) is 5.95 Å². The number of hydrogen-bond donors (Lipinski definition) is 2. The molecule has 1 aromatic carbocycles. The smallest absolute Gasteiger partial charge is 0.254 e. The molecule has 1 aromatic heterocycles. The van der Waals surface area contributed by atoms with Gasteiger partial charge < -0.3 is 20.4 Å². The van der Waals surface area contributed by atoms with Crippen LogP contribution in [0.3, 0.4) is 0 Å². The number of rotatable bonds is 3. The summed E-state index contributed by atoms with van der Waals surface area (Å²) < 4.78 is 0. The van der Waals surface area contributed by atoms with Crippen LogP contribution in [-0.4, -0.2) is 61.0 Å². The maximum absolute atomic E-state index is 12.6. The van der Waals surface area contributed by atoms with Gasteiger partial charge in [-0.3, -0.25) is 14.6 Å². The van der Waals surface area contributed by atoms with Gasteiger partial charge in [-0.15, -0.1) is 0 Å². The van der Waals surface area contributed by atoms with E-state index in [2.05, 4.69) is 9.97 Å². The Morgan fingerprint density at radius 2 is 1.80 bits per heavy atom. The van der Waals surface area contributed by atoms with E-state index in [9.17, 15) is 9.59 Å². The fourth-order valence-electron chi connectivity index (χ4n) is 2.85. The minimum absolute atomic E-state index is 0.0170. The summed E-state index contributed by atoms with van der Waals surface area (Å²) in [5, 5.41) is 0. The Morgan fingerprint density at radius 3 is 2.36 bits per heavy atom. The molecule has 0 spiro atoms. The highest BCUT2D eigenvalue weighted by Crippen LogP contribution is 2.16. The quantitative estimate of drug-likeness (QED) is 0.837. The molecule has 2 aromatic rings. The van der Waals surface area contributed by atoms with E-state index in [4.69, 9.17) is 5.73 Å². The molecule has 1 amide bonds. The Hall–Kier alpha value is -3.03. The third kappa shape index (κ3) is 3.73. The van der Waals surface area contributed by atoms with Crippen LogP contribution in [0, 0.1) is 0 Å². The normalized spacial score (nSPS) is 14.5. The molecule has 8 nitrogen and oxygen atoms in total. The molecule has 0 radical (unpaired) electrons. The molecule has 3 N–H and O–H groups in total. The van der Waals surface area contributed by atoms with Gasteiger partial charge in [0.15, 0.2) is 0 Å². The molecule has 0 unspecified atom stereocenters. The molecule has 132 valence electrons. The standard InChI is InChI=1S/C17H22N6O2/c1-21(2)13-5-3-12(4-6-13)16(25)23-9-7-22(8-10-23)14-11-15(24)20-17(18)19-14/h3-6,11H,7-10H2,1-2H3,(H3,18,19,20,24). The maximum atomic E-state index is 12.6. The Bertz CT molecular complexity index is 807. The van der Waals surface area contributed by atoms with E-state index in [-0.39, 0.29) is 17.4 Å². The molecule has 0 atom stereocenters. The van der Waals surface area contributed by atoms with Crippen LogP contribution in [-0.2, 0) is 0 Å². The molecular weight excluding hydrogens is 320 g/mol. The number of aromatic amines is 1. The van der Waals surface area contributed by atoms with Gasteiger partial charge in [0.1, 0.15) is 5.82 Å². The predicted molar refractivity (Wildman–Crippen MR) is 98.2 cm³/mol. The highest BCUT2D eigenvalue weighted by atomic mass is 16.2. The van der Waals surface area contributed by atoms with Gasteiger partial charge in [-0.2, -0.15) is 4.98 Å². The predicted octanol–water partition coefficient (Wildman–Crippen LogP) is 0.381. The van der Waals surface area contributed by atoms with Gasteiger partial charge in [0, 0.05) is 57.6 Å². The van der Waals surface area contributed by atoms with Crippen molar-refractivity contribution in [1.82, 2.24) is 14.9 Å². The van der Waals surface area contributed by atoms with Crippen molar-refractivity contribution in [2.75, 3.05) is 55.8 Å². The van der Waals surface area contributed by atoms with E-state index in [1.165, 1.54) is 6.07 Å². The number of nitrogens with one attached hydrogen (secondary N) is 1. The van der Waals surface area contributed by atoms with E-state index < -0.39 is 0 Å². The van der Waals surface area contributed by atoms with Crippen molar-refractivity contribution >= 4 is 23.4 Å². The molecular formula is C17H22N6O2. The van der Waals surface area contributed by atoms with Crippen LogP contribution in [0.15, 0.2) is 35.1 Å². The molecule has 25 heavy (non-hydrogen) atoms. The first-order chi connectivity index (χ1) is 11.9. The van der Waals surface area contributed by atoms with E-state index in [1.807, 2.05) is 53.1 Å². The lowest BCUT2D eigenvalue weighted by Crippen LogP contribution is -2.49. The molecule has 1 saturated heterocycles. The van der Waals surface area contributed by atoms with Crippen LogP contribution in [0.25, 0.3) is 0 Å². The van der Waals surface area contributed by atoms with Gasteiger partial charge in [-0.1, -0.05) is 0 Å². The summed E-state index contributed by atoms with van der Waals surface area (Å²) in [6.07, 6.45) is 0. The summed E-state index contributed by atoms with van der Waals surface area (Å²) in [6, 6.07) is 9.00. The second-order valence-electron chi connectivity index (χ2n) is 6.21. The van der Waals surface area contributed by atoms with Crippen molar-refractivity contribution in [2.45, 2.75) is 0 Å². The average Bonchev–Trinajstić information content (AvgIpc) is 2.60. The maximum Gasteiger partial charge on any atom is 0.254 e. The average molecular weight is 342 g/mol. The topological polar surface area (TPSA) is 98.6 Å².